The number of nitrogens with zero attached hydrogens (tertiary/aromatic N) is 2. The van der Waals surface area contributed by atoms with Crippen molar-refractivity contribution in [3.05, 3.63) is 63.6 Å². The van der Waals surface area contributed by atoms with E-state index in [1.165, 1.54) is 0 Å². The van der Waals surface area contributed by atoms with E-state index >= 15 is 0 Å². The number of halogens is 1. The van der Waals surface area contributed by atoms with Gasteiger partial charge in [0.2, 0.25) is 11.8 Å². The molecule has 3 rings (SSSR count). The summed E-state index contributed by atoms with van der Waals surface area (Å²) < 4.78 is 1.02. The molecule has 0 spiro atoms. The largest absolute Gasteiger partial charge is 0.340 e. The van der Waals surface area contributed by atoms with Crippen molar-refractivity contribution in [2.24, 2.45) is 0 Å². The van der Waals surface area contributed by atoms with Crippen LogP contribution in [-0.2, 0) is 16.0 Å². The van der Waals surface area contributed by atoms with Crippen molar-refractivity contribution in [1.82, 2.24) is 9.80 Å². The number of anilines is 1. The predicted octanol–water partition coefficient (Wildman–Crippen LogP) is 3.39. The van der Waals surface area contributed by atoms with E-state index in [4.69, 9.17) is 0 Å². The Labute approximate surface area is 174 Å². The van der Waals surface area contributed by atoms with Crippen molar-refractivity contribution in [3.63, 3.8) is 0 Å². The molecule has 0 unspecified atom stereocenters. The number of hydrogen-bond donors (Lipinski definition) is 1. The van der Waals surface area contributed by atoms with Gasteiger partial charge < -0.3 is 10.2 Å². The highest BCUT2D eigenvalue weighted by atomic mass is 79.9. The maximum absolute atomic E-state index is 12.6. The van der Waals surface area contributed by atoms with Gasteiger partial charge in [-0.05, 0) is 48.7 Å². The van der Waals surface area contributed by atoms with Crippen molar-refractivity contribution in [2.45, 2.75) is 20.3 Å². The Hall–Kier alpha value is -2.18. The van der Waals surface area contributed by atoms with Crippen LogP contribution in [0.2, 0.25) is 0 Å². The number of nitrogens with one attached hydrogen (secondary N) is 1. The SMILES string of the molecule is Cc1cc(NC(=O)CN2CCN(C(=O)Cc3ccccc3C)CC2)ccc1Br. The normalized spacial score (nSPS) is 14.8. The minimum Gasteiger partial charge on any atom is -0.340 e. The average Bonchev–Trinajstić information content (AvgIpc) is 2.67. The summed E-state index contributed by atoms with van der Waals surface area (Å²) in [4.78, 5) is 28.9. The molecule has 1 heterocycles. The Morgan fingerprint density at radius 1 is 1.00 bits per heavy atom. The third-order valence-electron chi connectivity index (χ3n) is 5.14. The van der Waals surface area contributed by atoms with E-state index in [0.717, 1.165) is 26.9 Å². The van der Waals surface area contributed by atoms with E-state index in [0.29, 0.717) is 39.1 Å². The van der Waals surface area contributed by atoms with Crippen molar-refractivity contribution in [2.75, 3.05) is 38.0 Å². The van der Waals surface area contributed by atoms with Crippen LogP contribution in [0.25, 0.3) is 0 Å². The van der Waals surface area contributed by atoms with E-state index in [9.17, 15) is 9.59 Å². The third-order valence-corrected chi connectivity index (χ3v) is 6.03. The lowest BCUT2D eigenvalue weighted by Crippen LogP contribution is -2.50. The lowest BCUT2D eigenvalue weighted by Gasteiger charge is -2.34. The number of piperazine rings is 1. The van der Waals surface area contributed by atoms with Crippen LogP contribution < -0.4 is 5.32 Å². The minimum atomic E-state index is -0.0265. The quantitative estimate of drug-likeness (QED) is 0.770. The second-order valence-electron chi connectivity index (χ2n) is 7.27. The molecular weight excluding hydrogens is 418 g/mol. The molecule has 0 saturated carbocycles. The Balaban J connectivity index is 1.45. The molecule has 148 valence electrons. The van der Waals surface area contributed by atoms with E-state index in [1.54, 1.807) is 0 Å². The molecule has 1 aliphatic heterocycles. The molecular formula is C22H26BrN3O2. The second-order valence-corrected chi connectivity index (χ2v) is 8.13. The highest BCUT2D eigenvalue weighted by Gasteiger charge is 2.22. The first-order valence-electron chi connectivity index (χ1n) is 9.53. The maximum atomic E-state index is 12.6. The first kappa shape index (κ1) is 20.6. The minimum absolute atomic E-state index is 0.0265. The molecule has 5 nitrogen and oxygen atoms in total. The fraction of sp³-hybridized carbons (Fsp3) is 0.364. The molecule has 1 aliphatic rings. The molecule has 0 aliphatic carbocycles. The first-order chi connectivity index (χ1) is 13.4. The van der Waals surface area contributed by atoms with Gasteiger partial charge in [0.1, 0.15) is 0 Å². The zero-order valence-electron chi connectivity index (χ0n) is 16.4. The first-order valence-corrected chi connectivity index (χ1v) is 10.3. The Kier molecular flexibility index (Phi) is 6.86. The van der Waals surface area contributed by atoms with Gasteiger partial charge in [-0.15, -0.1) is 0 Å². The molecule has 2 amide bonds. The number of hydrogen-bond acceptors (Lipinski definition) is 3. The Morgan fingerprint density at radius 2 is 1.71 bits per heavy atom. The van der Waals surface area contributed by atoms with Gasteiger partial charge in [-0.3, -0.25) is 14.5 Å². The summed E-state index contributed by atoms with van der Waals surface area (Å²) in [5.41, 5.74) is 4.12. The molecule has 0 atom stereocenters. The van der Waals surface area contributed by atoms with Crippen LogP contribution in [-0.4, -0.2) is 54.3 Å². The summed E-state index contributed by atoms with van der Waals surface area (Å²) in [7, 11) is 0. The number of carbonyl (C=O) groups is 2. The lowest BCUT2D eigenvalue weighted by molar-refractivity contribution is -0.132. The van der Waals surface area contributed by atoms with Crippen LogP contribution in [0.1, 0.15) is 16.7 Å². The molecule has 1 saturated heterocycles. The van der Waals surface area contributed by atoms with E-state index in [-0.39, 0.29) is 11.8 Å². The van der Waals surface area contributed by atoms with E-state index in [1.807, 2.05) is 61.2 Å². The molecule has 1 N–H and O–H groups in total. The summed E-state index contributed by atoms with van der Waals surface area (Å²) in [6.45, 7) is 7.12. The van der Waals surface area contributed by atoms with Gasteiger partial charge in [-0.1, -0.05) is 40.2 Å². The van der Waals surface area contributed by atoms with Gasteiger partial charge >= 0.3 is 0 Å². The highest BCUT2D eigenvalue weighted by molar-refractivity contribution is 9.10. The van der Waals surface area contributed by atoms with Gasteiger partial charge in [0.25, 0.3) is 0 Å². The summed E-state index contributed by atoms with van der Waals surface area (Å²) in [5, 5.41) is 2.95. The van der Waals surface area contributed by atoms with Crippen LogP contribution in [0.15, 0.2) is 46.9 Å². The summed E-state index contributed by atoms with van der Waals surface area (Å²) in [5.74, 6) is 0.130. The molecule has 2 aromatic carbocycles. The number of aryl methyl sites for hydroxylation is 2. The number of benzene rings is 2. The number of rotatable bonds is 5. The number of amides is 2. The van der Waals surface area contributed by atoms with Crippen molar-refractivity contribution in [1.29, 1.82) is 0 Å². The van der Waals surface area contributed by atoms with Crippen molar-refractivity contribution >= 4 is 33.4 Å². The molecule has 2 aromatic rings. The zero-order chi connectivity index (χ0) is 20.1. The van der Waals surface area contributed by atoms with Crippen LogP contribution in [0, 0.1) is 13.8 Å². The van der Waals surface area contributed by atoms with Crippen molar-refractivity contribution < 1.29 is 9.59 Å². The highest BCUT2D eigenvalue weighted by Crippen LogP contribution is 2.20. The summed E-state index contributed by atoms with van der Waals surface area (Å²) >= 11 is 3.46. The topological polar surface area (TPSA) is 52.7 Å². The molecule has 0 radical (unpaired) electrons. The van der Waals surface area contributed by atoms with Gasteiger partial charge in [0, 0.05) is 36.3 Å². The van der Waals surface area contributed by atoms with Gasteiger partial charge in [0.15, 0.2) is 0 Å². The maximum Gasteiger partial charge on any atom is 0.238 e. The second kappa shape index (κ2) is 9.34. The van der Waals surface area contributed by atoms with Crippen LogP contribution in [0.5, 0.6) is 0 Å². The monoisotopic (exact) mass is 443 g/mol. The van der Waals surface area contributed by atoms with Crippen LogP contribution >= 0.6 is 15.9 Å². The van der Waals surface area contributed by atoms with Gasteiger partial charge in [0.05, 0.1) is 13.0 Å². The fourth-order valence-electron chi connectivity index (χ4n) is 3.36. The molecule has 6 heteroatoms. The van der Waals surface area contributed by atoms with E-state index < -0.39 is 0 Å². The van der Waals surface area contributed by atoms with Crippen LogP contribution in [0.4, 0.5) is 5.69 Å². The van der Waals surface area contributed by atoms with Crippen LogP contribution in [0.3, 0.4) is 0 Å². The fourth-order valence-corrected chi connectivity index (χ4v) is 3.61. The smallest absolute Gasteiger partial charge is 0.238 e. The molecule has 0 bridgehead atoms. The van der Waals surface area contributed by atoms with Gasteiger partial charge in [-0.2, -0.15) is 0 Å². The number of carbonyl (C=O) groups excluding carboxylic acids is 2. The summed E-state index contributed by atoms with van der Waals surface area (Å²) in [6.07, 6.45) is 0.441. The molecule has 0 aromatic heterocycles. The molecule has 1 fully saturated rings. The third kappa shape index (κ3) is 5.42. The lowest BCUT2D eigenvalue weighted by atomic mass is 10.1. The standard InChI is InChI=1S/C22H26BrN3O2/c1-16-5-3-4-6-18(16)14-22(28)26-11-9-25(10-12-26)15-21(27)24-19-7-8-20(23)17(2)13-19/h3-8,13H,9-12,14-15H2,1-2H3,(H,24,27). The Bertz CT molecular complexity index is 861. The van der Waals surface area contributed by atoms with Crippen molar-refractivity contribution in [3.8, 4) is 0 Å². The predicted molar refractivity (Wildman–Crippen MR) is 115 cm³/mol. The molecule has 28 heavy (non-hydrogen) atoms. The zero-order valence-corrected chi connectivity index (χ0v) is 18.0. The van der Waals surface area contributed by atoms with E-state index in [2.05, 4.69) is 26.1 Å². The van der Waals surface area contributed by atoms with Gasteiger partial charge in [-0.25, -0.2) is 0 Å². The Morgan fingerprint density at radius 3 is 2.39 bits per heavy atom. The summed E-state index contributed by atoms with van der Waals surface area (Å²) in [6, 6.07) is 13.8. The average molecular weight is 444 g/mol.